The largest absolute Gasteiger partial charge is 0.480 e. The molecule has 18 heavy (non-hydrogen) atoms. The van der Waals surface area contributed by atoms with E-state index in [0.717, 1.165) is 0 Å². The van der Waals surface area contributed by atoms with Crippen molar-refractivity contribution in [3.05, 3.63) is 0 Å². The van der Waals surface area contributed by atoms with Gasteiger partial charge in [-0.1, -0.05) is 0 Å². The maximum absolute atomic E-state index is 12.1. The number of amides is 2. The van der Waals surface area contributed by atoms with E-state index in [1.54, 1.807) is 6.92 Å². The van der Waals surface area contributed by atoms with Gasteiger partial charge in [0.15, 0.2) is 0 Å². The van der Waals surface area contributed by atoms with Gasteiger partial charge in [-0.2, -0.15) is 0 Å². The molecular weight excluding hydrogens is 240 g/mol. The third-order valence-corrected chi connectivity index (χ3v) is 3.05. The Morgan fingerprint density at radius 1 is 1.44 bits per heavy atom. The van der Waals surface area contributed by atoms with Gasteiger partial charge in [-0.25, -0.2) is 9.59 Å². The molecule has 0 aromatic rings. The minimum atomic E-state index is -1.10. The molecular formula is C11H20N2O5. The van der Waals surface area contributed by atoms with Crippen molar-refractivity contribution in [2.24, 2.45) is 0 Å². The number of hydrogen-bond donors (Lipinski definition) is 3. The van der Waals surface area contributed by atoms with Crippen LogP contribution in [0.1, 0.15) is 19.8 Å². The number of aliphatic carboxylic acids is 1. The number of β-amino-alcohol motifs (C(OH)–C–C–N with tert-alkyl or cyclic N) is 1. The van der Waals surface area contributed by atoms with Crippen LogP contribution in [0.2, 0.25) is 0 Å². The fourth-order valence-corrected chi connectivity index (χ4v) is 2.09. The average Bonchev–Trinajstić information content (AvgIpc) is 2.72. The Kier molecular flexibility index (Phi) is 5.36. The van der Waals surface area contributed by atoms with E-state index >= 15 is 0 Å². The van der Waals surface area contributed by atoms with Gasteiger partial charge in [0, 0.05) is 32.7 Å². The van der Waals surface area contributed by atoms with Gasteiger partial charge in [0.2, 0.25) is 0 Å². The summed E-state index contributed by atoms with van der Waals surface area (Å²) in [7, 11) is 0. The van der Waals surface area contributed by atoms with Gasteiger partial charge >= 0.3 is 12.0 Å². The zero-order valence-corrected chi connectivity index (χ0v) is 10.4. The van der Waals surface area contributed by atoms with Crippen LogP contribution in [-0.2, 0) is 4.79 Å². The molecule has 104 valence electrons. The lowest BCUT2D eigenvalue weighted by Gasteiger charge is -2.29. The van der Waals surface area contributed by atoms with Crippen LogP contribution >= 0.6 is 0 Å². The Morgan fingerprint density at radius 3 is 2.61 bits per heavy atom. The number of carboxylic acid groups (broad SMARTS) is 1. The highest BCUT2D eigenvalue weighted by Crippen LogP contribution is 2.20. The van der Waals surface area contributed by atoms with Crippen LogP contribution in [0.3, 0.4) is 0 Å². The van der Waals surface area contributed by atoms with E-state index in [9.17, 15) is 14.7 Å². The highest BCUT2D eigenvalue weighted by molar-refractivity contribution is 5.83. The van der Waals surface area contributed by atoms with E-state index in [4.69, 9.17) is 10.2 Å². The Labute approximate surface area is 106 Å². The molecule has 0 spiro atoms. The molecule has 0 aromatic heterocycles. The molecule has 1 saturated heterocycles. The van der Waals surface area contributed by atoms with Crippen molar-refractivity contribution in [3.8, 4) is 0 Å². The van der Waals surface area contributed by atoms with Crippen LogP contribution in [0, 0.1) is 0 Å². The van der Waals surface area contributed by atoms with E-state index in [1.807, 2.05) is 0 Å². The monoisotopic (exact) mass is 260 g/mol. The van der Waals surface area contributed by atoms with Crippen molar-refractivity contribution in [3.63, 3.8) is 0 Å². The van der Waals surface area contributed by atoms with Crippen molar-refractivity contribution < 1.29 is 24.9 Å². The van der Waals surface area contributed by atoms with Crippen molar-refractivity contribution >= 4 is 12.0 Å². The lowest BCUT2D eigenvalue weighted by molar-refractivity contribution is -0.141. The highest BCUT2D eigenvalue weighted by Gasteiger charge is 2.40. The molecule has 0 saturated carbocycles. The number of carbonyl (C=O) groups is 2. The maximum atomic E-state index is 12.1. The van der Waals surface area contributed by atoms with Gasteiger partial charge in [-0.05, 0) is 13.3 Å². The molecule has 2 atom stereocenters. The van der Waals surface area contributed by atoms with Gasteiger partial charge in [-0.3, -0.25) is 0 Å². The molecule has 1 fully saturated rings. The Balaban J connectivity index is 2.70. The van der Waals surface area contributed by atoms with Gasteiger partial charge in [0.05, 0.1) is 6.10 Å². The summed E-state index contributed by atoms with van der Waals surface area (Å²) in [5, 5.41) is 27.3. The van der Waals surface area contributed by atoms with Gasteiger partial charge in [0.1, 0.15) is 6.04 Å². The van der Waals surface area contributed by atoms with Gasteiger partial charge < -0.3 is 25.1 Å². The third-order valence-electron chi connectivity index (χ3n) is 3.05. The molecule has 0 aliphatic carbocycles. The van der Waals surface area contributed by atoms with Crippen LogP contribution in [-0.4, -0.2) is 75.5 Å². The smallest absolute Gasteiger partial charge is 0.326 e. The predicted octanol–water partition coefficient (Wildman–Crippen LogP) is -0.669. The van der Waals surface area contributed by atoms with Crippen molar-refractivity contribution in [2.75, 3.05) is 26.2 Å². The lowest BCUT2D eigenvalue weighted by Crippen LogP contribution is -2.48. The van der Waals surface area contributed by atoms with Gasteiger partial charge in [0.25, 0.3) is 0 Å². The quantitative estimate of drug-likeness (QED) is 0.608. The van der Waals surface area contributed by atoms with Crippen molar-refractivity contribution in [2.45, 2.75) is 31.9 Å². The van der Waals surface area contributed by atoms with E-state index in [1.165, 1.54) is 9.80 Å². The summed E-state index contributed by atoms with van der Waals surface area (Å²) in [6.45, 7) is 2.64. The molecule has 2 amide bonds. The fraction of sp³-hybridized carbons (Fsp3) is 0.818. The SMILES string of the molecule is CCN(CCCO)C(=O)N1C[C@H](O)C[C@H]1C(=O)O. The Hall–Kier alpha value is -1.34. The van der Waals surface area contributed by atoms with Crippen LogP contribution < -0.4 is 0 Å². The van der Waals surface area contributed by atoms with Crippen LogP contribution in [0.4, 0.5) is 4.79 Å². The van der Waals surface area contributed by atoms with E-state index in [0.29, 0.717) is 19.5 Å². The summed E-state index contributed by atoms with van der Waals surface area (Å²) in [4.78, 5) is 25.8. The molecule has 1 aliphatic heterocycles. The molecule has 1 heterocycles. The fourth-order valence-electron chi connectivity index (χ4n) is 2.09. The lowest BCUT2D eigenvalue weighted by atomic mass is 10.2. The second-order valence-electron chi connectivity index (χ2n) is 4.34. The number of aliphatic hydroxyl groups is 2. The highest BCUT2D eigenvalue weighted by atomic mass is 16.4. The van der Waals surface area contributed by atoms with E-state index < -0.39 is 24.1 Å². The number of urea groups is 1. The first-order valence-electron chi connectivity index (χ1n) is 6.08. The van der Waals surface area contributed by atoms with Crippen molar-refractivity contribution in [1.29, 1.82) is 0 Å². The topological polar surface area (TPSA) is 101 Å². The van der Waals surface area contributed by atoms with Gasteiger partial charge in [-0.15, -0.1) is 0 Å². The number of hydrogen-bond acceptors (Lipinski definition) is 4. The van der Waals surface area contributed by atoms with Crippen LogP contribution in [0.25, 0.3) is 0 Å². The number of likely N-dealkylation sites (tertiary alicyclic amines) is 1. The van der Waals surface area contributed by atoms with E-state index in [2.05, 4.69) is 0 Å². The third kappa shape index (κ3) is 3.33. The molecule has 1 aliphatic rings. The first kappa shape index (κ1) is 14.7. The normalized spacial score (nSPS) is 23.2. The summed E-state index contributed by atoms with van der Waals surface area (Å²) < 4.78 is 0. The summed E-state index contributed by atoms with van der Waals surface area (Å²) in [5.41, 5.74) is 0. The first-order chi connectivity index (χ1) is 8.51. The zero-order chi connectivity index (χ0) is 13.7. The molecule has 3 N–H and O–H groups in total. The average molecular weight is 260 g/mol. The second kappa shape index (κ2) is 6.55. The maximum Gasteiger partial charge on any atom is 0.326 e. The summed E-state index contributed by atoms with van der Waals surface area (Å²) >= 11 is 0. The Morgan fingerprint density at radius 2 is 2.11 bits per heavy atom. The second-order valence-corrected chi connectivity index (χ2v) is 4.34. The molecule has 0 aromatic carbocycles. The minimum Gasteiger partial charge on any atom is -0.480 e. The number of aliphatic hydroxyl groups excluding tert-OH is 2. The summed E-state index contributed by atoms with van der Waals surface area (Å²) in [6.07, 6.45) is -0.265. The van der Waals surface area contributed by atoms with Crippen LogP contribution in [0.15, 0.2) is 0 Å². The molecule has 0 unspecified atom stereocenters. The predicted molar refractivity (Wildman–Crippen MR) is 63.1 cm³/mol. The number of nitrogens with zero attached hydrogens (tertiary/aromatic N) is 2. The molecule has 1 rings (SSSR count). The number of rotatable bonds is 5. The molecule has 7 nitrogen and oxygen atoms in total. The summed E-state index contributed by atoms with van der Waals surface area (Å²) in [5.74, 6) is -1.10. The Bertz CT molecular complexity index is 310. The minimum absolute atomic E-state index is 0.0191. The number of carbonyl (C=O) groups excluding carboxylic acids is 1. The summed E-state index contributed by atoms with van der Waals surface area (Å²) in [6, 6.07) is -1.36. The molecule has 0 radical (unpaired) electrons. The molecule has 0 bridgehead atoms. The zero-order valence-electron chi connectivity index (χ0n) is 10.4. The number of carboxylic acids is 1. The standard InChI is InChI=1S/C11H20N2O5/c1-2-12(4-3-5-14)11(18)13-7-8(15)6-9(13)10(16)17/h8-9,14-15H,2-7H2,1H3,(H,16,17)/t8-,9+/m1/s1. The van der Waals surface area contributed by atoms with Crippen molar-refractivity contribution in [1.82, 2.24) is 9.80 Å². The van der Waals surface area contributed by atoms with E-state index in [-0.39, 0.29) is 19.6 Å². The molecule has 7 heteroatoms. The first-order valence-corrected chi connectivity index (χ1v) is 6.08. The van der Waals surface area contributed by atoms with Crippen LogP contribution in [0.5, 0.6) is 0 Å².